The van der Waals surface area contributed by atoms with E-state index in [4.69, 9.17) is 5.73 Å². The van der Waals surface area contributed by atoms with Gasteiger partial charge in [-0.3, -0.25) is 19.3 Å². The fourth-order valence-electron chi connectivity index (χ4n) is 1.79. The lowest BCUT2D eigenvalue weighted by Crippen LogP contribution is -2.39. The topological polar surface area (TPSA) is 89.7 Å². The van der Waals surface area contributed by atoms with E-state index in [0.717, 1.165) is 0 Å². The number of amides is 2. The average molecular weight is 242 g/mol. The Morgan fingerprint density at radius 2 is 2.12 bits per heavy atom. The average Bonchev–Trinajstić information content (AvgIpc) is 2.45. The highest BCUT2D eigenvalue weighted by molar-refractivity contribution is 6.05. The first kappa shape index (κ1) is 13.6. The molecule has 0 radical (unpaired) electrons. The Hall–Kier alpha value is -1.43. The Labute approximate surface area is 100 Å². The first-order valence-corrected chi connectivity index (χ1v) is 5.48. The number of carbonyl (C=O) groups is 3. The van der Waals surface area contributed by atoms with Crippen LogP contribution in [0.3, 0.4) is 0 Å². The quantitative estimate of drug-likeness (QED) is 0.538. The van der Waals surface area contributed by atoms with Crippen LogP contribution < -0.4 is 5.73 Å². The van der Waals surface area contributed by atoms with Crippen LogP contribution in [0, 0.1) is 5.41 Å². The molecule has 0 bridgehead atoms. The summed E-state index contributed by atoms with van der Waals surface area (Å²) in [5.74, 6) is -0.958. The summed E-state index contributed by atoms with van der Waals surface area (Å²) in [6.07, 6.45) is 0.430. The molecule has 0 aliphatic carbocycles. The largest absolute Gasteiger partial charge is 0.468 e. The van der Waals surface area contributed by atoms with E-state index in [9.17, 15) is 14.4 Å². The molecule has 6 nitrogen and oxygen atoms in total. The number of hydrogen-bond acceptors (Lipinski definition) is 5. The van der Waals surface area contributed by atoms with E-state index >= 15 is 0 Å². The number of carbonyl (C=O) groups excluding carboxylic acids is 3. The van der Waals surface area contributed by atoms with Gasteiger partial charge in [0.15, 0.2) is 0 Å². The molecular formula is C11H18N2O4. The van der Waals surface area contributed by atoms with Gasteiger partial charge in [-0.1, -0.05) is 13.8 Å². The molecule has 96 valence electrons. The van der Waals surface area contributed by atoms with Crippen molar-refractivity contribution in [3.05, 3.63) is 0 Å². The molecule has 0 aromatic heterocycles. The van der Waals surface area contributed by atoms with Crippen LogP contribution in [0.4, 0.5) is 0 Å². The Bertz CT molecular complexity index is 351. The van der Waals surface area contributed by atoms with Crippen molar-refractivity contribution in [2.45, 2.75) is 32.7 Å². The van der Waals surface area contributed by atoms with Crippen LogP contribution >= 0.6 is 0 Å². The highest BCUT2D eigenvalue weighted by atomic mass is 16.5. The number of nitrogens with two attached hydrogens (primary N) is 1. The number of nitrogens with zero attached hydrogens (tertiary/aromatic N) is 1. The van der Waals surface area contributed by atoms with E-state index in [2.05, 4.69) is 4.74 Å². The minimum absolute atomic E-state index is 0.164. The molecule has 6 heteroatoms. The summed E-state index contributed by atoms with van der Waals surface area (Å²) in [4.78, 5) is 35.7. The first-order valence-electron chi connectivity index (χ1n) is 5.48. The van der Waals surface area contributed by atoms with E-state index in [0.29, 0.717) is 0 Å². The number of esters is 1. The summed E-state index contributed by atoms with van der Waals surface area (Å²) < 4.78 is 4.47. The molecule has 0 spiro atoms. The summed E-state index contributed by atoms with van der Waals surface area (Å²) in [6.45, 7) is 3.62. The minimum Gasteiger partial charge on any atom is -0.468 e. The Balaban J connectivity index is 2.56. The van der Waals surface area contributed by atoms with Crippen molar-refractivity contribution >= 4 is 17.8 Å². The van der Waals surface area contributed by atoms with Gasteiger partial charge in [-0.15, -0.1) is 0 Å². The minimum atomic E-state index is -0.802. The number of likely N-dealkylation sites (tertiary alicyclic amines) is 1. The Morgan fingerprint density at radius 3 is 2.53 bits per heavy atom. The molecular weight excluding hydrogens is 224 g/mol. The monoisotopic (exact) mass is 242 g/mol. The molecule has 1 rings (SSSR count). The zero-order valence-electron chi connectivity index (χ0n) is 10.4. The van der Waals surface area contributed by atoms with Crippen LogP contribution in [0.1, 0.15) is 26.7 Å². The number of hydrogen-bond donors (Lipinski definition) is 1. The molecule has 0 aromatic rings. The third kappa shape index (κ3) is 2.82. The number of rotatable bonds is 4. The van der Waals surface area contributed by atoms with Crippen molar-refractivity contribution in [2.75, 3.05) is 13.7 Å². The second-order valence-electron chi connectivity index (χ2n) is 4.83. The van der Waals surface area contributed by atoms with Gasteiger partial charge in [-0.2, -0.15) is 0 Å². The van der Waals surface area contributed by atoms with Crippen LogP contribution in [0.15, 0.2) is 0 Å². The van der Waals surface area contributed by atoms with Gasteiger partial charge >= 0.3 is 5.97 Å². The van der Waals surface area contributed by atoms with Crippen LogP contribution in [-0.4, -0.2) is 42.4 Å². The summed E-state index contributed by atoms with van der Waals surface area (Å²) >= 11 is 0. The summed E-state index contributed by atoms with van der Waals surface area (Å²) in [7, 11) is 1.25. The predicted molar refractivity (Wildman–Crippen MR) is 59.7 cm³/mol. The van der Waals surface area contributed by atoms with E-state index in [1.165, 1.54) is 12.0 Å². The summed E-state index contributed by atoms with van der Waals surface area (Å²) in [6, 6.07) is -0.802. The van der Waals surface area contributed by atoms with Gasteiger partial charge in [-0.05, 0) is 6.42 Å². The van der Waals surface area contributed by atoms with Gasteiger partial charge in [0.05, 0.1) is 12.5 Å². The van der Waals surface area contributed by atoms with Crippen molar-refractivity contribution < 1.29 is 19.1 Å². The van der Waals surface area contributed by atoms with Gasteiger partial charge < -0.3 is 10.5 Å². The van der Waals surface area contributed by atoms with Gasteiger partial charge in [0.25, 0.3) is 0 Å². The van der Waals surface area contributed by atoms with Crippen molar-refractivity contribution in [3.63, 3.8) is 0 Å². The van der Waals surface area contributed by atoms with E-state index in [1.54, 1.807) is 13.8 Å². The second-order valence-corrected chi connectivity index (χ2v) is 4.83. The van der Waals surface area contributed by atoms with Gasteiger partial charge in [-0.25, -0.2) is 0 Å². The molecule has 1 aliphatic rings. The van der Waals surface area contributed by atoms with Crippen molar-refractivity contribution in [1.29, 1.82) is 0 Å². The lowest BCUT2D eigenvalue weighted by atomic mass is 9.92. The molecule has 1 atom stereocenters. The number of imide groups is 1. The van der Waals surface area contributed by atoms with Crippen LogP contribution in [0.2, 0.25) is 0 Å². The lowest BCUT2D eigenvalue weighted by molar-refractivity contribution is -0.145. The summed E-state index contributed by atoms with van der Waals surface area (Å²) in [5, 5.41) is 0. The maximum atomic E-state index is 11.8. The predicted octanol–water partition coefficient (Wildman–Crippen LogP) is -0.338. The Morgan fingerprint density at radius 1 is 1.53 bits per heavy atom. The SMILES string of the molecule is COC(=O)C(N)CCN1C(=O)CC(C)(C)C1=O. The molecule has 1 fully saturated rings. The normalized spacial score (nSPS) is 20.6. The maximum Gasteiger partial charge on any atom is 0.322 e. The number of ether oxygens (including phenoxy) is 1. The van der Waals surface area contributed by atoms with Crippen LogP contribution in [0.5, 0.6) is 0 Å². The van der Waals surface area contributed by atoms with Gasteiger partial charge in [0.2, 0.25) is 11.8 Å². The molecule has 1 heterocycles. The molecule has 1 saturated heterocycles. The van der Waals surface area contributed by atoms with Gasteiger partial charge in [0.1, 0.15) is 6.04 Å². The van der Waals surface area contributed by atoms with Crippen molar-refractivity contribution in [3.8, 4) is 0 Å². The molecule has 2 N–H and O–H groups in total. The van der Waals surface area contributed by atoms with Crippen LogP contribution in [-0.2, 0) is 19.1 Å². The highest BCUT2D eigenvalue weighted by Crippen LogP contribution is 2.31. The number of methoxy groups -OCH3 is 1. The second kappa shape index (κ2) is 4.83. The molecule has 17 heavy (non-hydrogen) atoms. The molecule has 1 unspecified atom stereocenters. The summed E-state index contributed by atoms with van der Waals surface area (Å²) in [5.41, 5.74) is 4.89. The fourth-order valence-corrected chi connectivity index (χ4v) is 1.79. The smallest absolute Gasteiger partial charge is 0.322 e. The molecule has 0 aromatic carbocycles. The molecule has 2 amide bonds. The van der Waals surface area contributed by atoms with E-state index in [1.807, 2.05) is 0 Å². The first-order chi connectivity index (χ1) is 7.79. The van der Waals surface area contributed by atoms with Crippen molar-refractivity contribution in [1.82, 2.24) is 4.90 Å². The third-order valence-electron chi connectivity index (χ3n) is 2.89. The zero-order valence-corrected chi connectivity index (χ0v) is 10.4. The molecule has 1 aliphatic heterocycles. The fraction of sp³-hybridized carbons (Fsp3) is 0.727. The molecule has 0 saturated carbocycles. The van der Waals surface area contributed by atoms with E-state index < -0.39 is 17.4 Å². The van der Waals surface area contributed by atoms with Gasteiger partial charge in [0, 0.05) is 13.0 Å². The lowest BCUT2D eigenvalue weighted by Gasteiger charge is -2.18. The van der Waals surface area contributed by atoms with Crippen LogP contribution in [0.25, 0.3) is 0 Å². The van der Waals surface area contributed by atoms with Crippen molar-refractivity contribution in [2.24, 2.45) is 11.1 Å². The van der Waals surface area contributed by atoms with E-state index in [-0.39, 0.29) is 31.2 Å². The standard InChI is InChI=1S/C11H18N2O4/c1-11(2)6-8(14)13(10(11)16)5-4-7(12)9(15)17-3/h7H,4-6,12H2,1-3H3. The maximum absolute atomic E-state index is 11.8. The highest BCUT2D eigenvalue weighted by Gasteiger charge is 2.44. The zero-order chi connectivity index (χ0) is 13.2. The Kier molecular flexibility index (Phi) is 3.87. The third-order valence-corrected chi connectivity index (χ3v) is 2.89.